The normalized spacial score (nSPS) is 12.1. The molecule has 11 nitrogen and oxygen atoms in total. The summed E-state index contributed by atoms with van der Waals surface area (Å²) in [5.41, 5.74) is 10.4. The van der Waals surface area contributed by atoms with E-state index in [1.54, 1.807) is 19.2 Å². The van der Waals surface area contributed by atoms with E-state index in [2.05, 4.69) is 74.5 Å². The van der Waals surface area contributed by atoms with E-state index in [0.717, 1.165) is 44.5 Å². The van der Waals surface area contributed by atoms with Crippen molar-refractivity contribution in [3.05, 3.63) is 158 Å². The first-order valence-corrected chi connectivity index (χ1v) is 21.4. The Morgan fingerprint density at radius 3 is 1.55 bits per heavy atom. The van der Waals surface area contributed by atoms with Crippen molar-refractivity contribution < 1.29 is 122 Å². The average Bonchev–Trinajstić information content (AvgIpc) is 3.54. The van der Waals surface area contributed by atoms with Crippen molar-refractivity contribution in [2.75, 3.05) is 86.4 Å². The molecule has 5 aromatic carbocycles. The van der Waals surface area contributed by atoms with Gasteiger partial charge in [0.2, 0.25) is 0 Å². The monoisotopic (exact) mass is 994 g/mol. The van der Waals surface area contributed by atoms with E-state index >= 15 is 0 Å². The maximum absolute atomic E-state index is 13.3. The van der Waals surface area contributed by atoms with Gasteiger partial charge in [0.05, 0.1) is 90.7 Å². The molecule has 64 heavy (non-hydrogen) atoms. The van der Waals surface area contributed by atoms with Gasteiger partial charge in [0, 0.05) is 18.2 Å². The molecule has 0 amide bonds. The number of ketones is 1. The van der Waals surface area contributed by atoms with Gasteiger partial charge in [-0.2, -0.15) is 0 Å². The van der Waals surface area contributed by atoms with Gasteiger partial charge in [0.1, 0.15) is 12.4 Å². The van der Waals surface area contributed by atoms with Crippen LogP contribution in [-0.2, 0) is 40.4 Å². The maximum Gasteiger partial charge on any atom is 1.00 e. The molecule has 1 aliphatic carbocycles. The molecule has 336 valence electrons. The molecule has 6 rings (SSSR count). The van der Waals surface area contributed by atoms with Crippen molar-refractivity contribution in [2.45, 2.75) is 46.6 Å². The van der Waals surface area contributed by atoms with E-state index in [0.29, 0.717) is 64.0 Å². The molecule has 0 radical (unpaired) electrons. The standard InChI is InChI=1S/C44H52O11.C8H10.Cs/c1-30-5-10-36-37-11-6-31(2)26-41(37)44(40(36)25-30,34-8-7-33(38(27-34)32(3)46)29-54-22-21-52-18-17-50-14-13-45)35-9-12-42(39(28-35)43(47)48)55-24-23-53-20-19-51-16-15-49-4;1-7-4-3-5-8(2)6-7;/h5-12,25-28,45H,13-24,29H2,1-4H3,(H,47,48);3-6H,1-2H3;/q;;+1/p-1. The first kappa shape index (κ1) is 53.4. The molecule has 0 unspecified atom stereocenters. The minimum atomic E-state index is -1.37. The number of hydrogen-bond donors (Lipinski definition) is 1. The number of aromatic carboxylic acids is 1. The number of fused-ring (bicyclic) bond motifs is 3. The number of hydrogen-bond acceptors (Lipinski definition) is 11. The van der Waals surface area contributed by atoms with Crippen LogP contribution in [0.3, 0.4) is 0 Å². The third-order valence-electron chi connectivity index (χ3n) is 10.7. The van der Waals surface area contributed by atoms with E-state index in [-0.39, 0.29) is 119 Å². The van der Waals surface area contributed by atoms with Crippen LogP contribution >= 0.6 is 0 Å². The molecule has 1 aliphatic rings. The third-order valence-corrected chi connectivity index (χ3v) is 10.7. The van der Waals surface area contributed by atoms with Crippen LogP contribution in [0.15, 0.2) is 97.1 Å². The Morgan fingerprint density at radius 1 is 0.562 bits per heavy atom. The van der Waals surface area contributed by atoms with Gasteiger partial charge in [0.25, 0.3) is 0 Å². The summed E-state index contributed by atoms with van der Waals surface area (Å²) in [6.45, 7) is 13.8. The van der Waals surface area contributed by atoms with Gasteiger partial charge < -0.3 is 48.2 Å². The van der Waals surface area contributed by atoms with E-state index in [9.17, 15) is 14.7 Å². The Balaban J connectivity index is 0.000000898. The van der Waals surface area contributed by atoms with E-state index < -0.39 is 11.4 Å². The van der Waals surface area contributed by atoms with Crippen molar-refractivity contribution >= 4 is 11.8 Å². The molecule has 0 aliphatic heterocycles. The van der Waals surface area contributed by atoms with E-state index in [1.165, 1.54) is 18.1 Å². The van der Waals surface area contributed by atoms with Crippen molar-refractivity contribution in [1.82, 2.24) is 0 Å². The largest absolute Gasteiger partial charge is 1.00 e. The van der Waals surface area contributed by atoms with Crippen LogP contribution in [0.1, 0.15) is 77.7 Å². The smallest absolute Gasteiger partial charge is 0.545 e. The molecular formula is C52H61CsO11. The molecule has 0 heterocycles. The summed E-state index contributed by atoms with van der Waals surface area (Å²) in [5.74, 6) is -1.32. The topological polar surface area (TPSA) is 142 Å². The molecule has 0 spiro atoms. The van der Waals surface area contributed by atoms with Crippen LogP contribution in [0.4, 0.5) is 0 Å². The minimum absolute atomic E-state index is 0. The Bertz CT molecular complexity index is 2120. The molecule has 0 bridgehead atoms. The van der Waals surface area contributed by atoms with Crippen LogP contribution in [0.25, 0.3) is 11.1 Å². The first-order valence-electron chi connectivity index (χ1n) is 21.4. The second kappa shape index (κ2) is 27.5. The van der Waals surface area contributed by atoms with Crippen LogP contribution in [0, 0.1) is 27.7 Å². The predicted octanol–water partition coefficient (Wildman–Crippen LogP) is 4.14. The number of carbonyl (C=O) groups is 2. The van der Waals surface area contributed by atoms with Gasteiger partial charge in [-0.15, -0.1) is 0 Å². The number of carbonyl (C=O) groups excluding carboxylic acids is 2. The van der Waals surface area contributed by atoms with Crippen molar-refractivity contribution in [1.29, 1.82) is 0 Å². The summed E-state index contributed by atoms with van der Waals surface area (Å²) in [5, 5.41) is 21.6. The molecule has 0 atom stereocenters. The quantitative estimate of drug-likeness (QED) is 0.0692. The maximum atomic E-state index is 13.3. The van der Waals surface area contributed by atoms with Crippen LogP contribution < -0.4 is 78.7 Å². The second-order valence-electron chi connectivity index (χ2n) is 15.5. The summed E-state index contributed by atoms with van der Waals surface area (Å²) in [7, 11) is 1.61. The molecule has 1 N–H and O–H groups in total. The molecular weight excluding hydrogens is 933 g/mol. The number of benzene rings is 5. The van der Waals surface area contributed by atoms with E-state index in [1.807, 2.05) is 38.1 Å². The minimum Gasteiger partial charge on any atom is -0.545 e. The summed E-state index contributed by atoms with van der Waals surface area (Å²) in [6, 6.07) is 32.1. The van der Waals surface area contributed by atoms with Crippen molar-refractivity contribution in [2.24, 2.45) is 0 Å². The number of aryl methyl sites for hydroxylation is 4. The third kappa shape index (κ3) is 14.4. The summed E-state index contributed by atoms with van der Waals surface area (Å²) in [4.78, 5) is 26.1. The zero-order valence-corrected chi connectivity index (χ0v) is 44.7. The first-order chi connectivity index (χ1) is 30.5. The average molecular weight is 995 g/mol. The molecule has 0 saturated carbocycles. The summed E-state index contributed by atoms with van der Waals surface area (Å²) < 4.78 is 38.6. The molecule has 12 heteroatoms. The van der Waals surface area contributed by atoms with Gasteiger partial charge in [-0.25, -0.2) is 0 Å². The number of carboxylic acids is 1. The van der Waals surface area contributed by atoms with Gasteiger partial charge in [-0.3, -0.25) is 4.79 Å². The fourth-order valence-corrected chi connectivity index (χ4v) is 7.82. The van der Waals surface area contributed by atoms with Crippen LogP contribution in [0.5, 0.6) is 5.75 Å². The number of aliphatic hydroxyl groups is 1. The molecule has 5 aromatic rings. The number of methoxy groups -OCH3 is 1. The Hall–Kier alpha value is -3.19. The number of ether oxygens (including phenoxy) is 7. The number of rotatable bonds is 24. The fraction of sp³-hybridized carbons (Fsp3) is 0.385. The Labute approximate surface area is 437 Å². The fourth-order valence-electron chi connectivity index (χ4n) is 7.82. The Kier molecular flexibility index (Phi) is 22.9. The van der Waals surface area contributed by atoms with Gasteiger partial charge in [0.15, 0.2) is 5.78 Å². The van der Waals surface area contributed by atoms with E-state index in [4.69, 9.17) is 38.3 Å². The number of Topliss-reactive ketones (excluding diaryl/α,β-unsaturated/α-hetero) is 1. The number of carboxylic acid groups (broad SMARTS) is 1. The predicted molar refractivity (Wildman–Crippen MR) is 241 cm³/mol. The molecule has 0 aromatic heterocycles. The molecule has 0 fully saturated rings. The number of aliphatic hydroxyl groups excluding tert-OH is 1. The second-order valence-corrected chi connectivity index (χ2v) is 15.5. The van der Waals surface area contributed by atoms with Gasteiger partial charge >= 0.3 is 68.9 Å². The zero-order chi connectivity index (χ0) is 45.2. The van der Waals surface area contributed by atoms with Crippen LogP contribution in [0.2, 0.25) is 0 Å². The summed E-state index contributed by atoms with van der Waals surface area (Å²) in [6.07, 6.45) is 0. The van der Waals surface area contributed by atoms with Gasteiger partial charge in [-0.05, 0) is 91.8 Å². The molecule has 0 saturated heterocycles. The Morgan fingerprint density at radius 2 is 1.05 bits per heavy atom. The zero-order valence-electron chi connectivity index (χ0n) is 38.5. The van der Waals surface area contributed by atoms with Crippen LogP contribution in [-0.4, -0.2) is 103 Å². The van der Waals surface area contributed by atoms with Crippen molar-refractivity contribution in [3.63, 3.8) is 0 Å². The van der Waals surface area contributed by atoms with Crippen molar-refractivity contribution in [3.8, 4) is 16.9 Å². The summed E-state index contributed by atoms with van der Waals surface area (Å²) >= 11 is 0. The van der Waals surface area contributed by atoms with Gasteiger partial charge in [-0.1, -0.05) is 101 Å². The SMILES string of the molecule is COCCOCCOCCOc1ccc(C2(c3ccc(COCCOCCOCCO)c(C(C)=O)c3)c3cc(C)ccc3-c3ccc(C)cc32)cc1C(=O)[O-].Cc1cccc(C)c1.[Cs+].